The van der Waals surface area contributed by atoms with Crippen LogP contribution in [0.15, 0.2) is 29.2 Å². The molecule has 162 valence electrons. The molecular weight excluding hydrogens is 398 g/mol. The fourth-order valence-corrected chi connectivity index (χ4v) is 5.92. The van der Waals surface area contributed by atoms with Gasteiger partial charge < -0.3 is 14.7 Å². The lowest BCUT2D eigenvalue weighted by molar-refractivity contribution is -0.137. The molecule has 0 radical (unpaired) electrons. The van der Waals surface area contributed by atoms with Crippen LogP contribution in [0.4, 0.5) is 5.69 Å². The summed E-state index contributed by atoms with van der Waals surface area (Å²) in [4.78, 5) is 45.7. The van der Waals surface area contributed by atoms with Gasteiger partial charge in [-0.25, -0.2) is 0 Å². The Morgan fingerprint density at radius 3 is 2.43 bits per heavy atom. The molecule has 30 heavy (non-hydrogen) atoms. The van der Waals surface area contributed by atoms with E-state index >= 15 is 0 Å². The van der Waals surface area contributed by atoms with E-state index < -0.39 is 5.25 Å². The van der Waals surface area contributed by atoms with Gasteiger partial charge >= 0.3 is 0 Å². The maximum Gasteiger partial charge on any atom is 0.250 e. The topological polar surface area (TPSA) is 60.9 Å². The molecule has 2 fully saturated rings. The minimum atomic E-state index is -0.800. The lowest BCUT2D eigenvalue weighted by Crippen LogP contribution is -2.53. The molecule has 2 heterocycles. The second kappa shape index (κ2) is 9.41. The Morgan fingerprint density at radius 2 is 1.70 bits per heavy atom. The largest absolute Gasteiger partial charge is 0.341 e. The zero-order valence-electron chi connectivity index (χ0n) is 17.7. The molecular formula is C23H31N3O3S. The van der Waals surface area contributed by atoms with E-state index in [9.17, 15) is 14.4 Å². The van der Waals surface area contributed by atoms with Crippen molar-refractivity contribution in [2.45, 2.75) is 67.6 Å². The van der Waals surface area contributed by atoms with E-state index in [0.29, 0.717) is 13.1 Å². The van der Waals surface area contributed by atoms with Crippen LogP contribution >= 0.6 is 11.8 Å². The van der Waals surface area contributed by atoms with Crippen LogP contribution in [-0.2, 0) is 14.4 Å². The Balaban J connectivity index is 1.53. The van der Waals surface area contributed by atoms with Crippen LogP contribution in [0.3, 0.4) is 0 Å². The number of piperidine rings is 1. The van der Waals surface area contributed by atoms with E-state index in [4.69, 9.17) is 0 Å². The van der Waals surface area contributed by atoms with Crippen molar-refractivity contribution >= 4 is 35.2 Å². The predicted octanol–water partition coefficient (Wildman–Crippen LogP) is 3.30. The Kier molecular flexibility index (Phi) is 6.66. The second-order valence-electron chi connectivity index (χ2n) is 8.57. The third kappa shape index (κ3) is 4.36. The van der Waals surface area contributed by atoms with Crippen molar-refractivity contribution in [1.82, 2.24) is 9.80 Å². The number of likely N-dealkylation sites (tertiary alicyclic amines) is 1. The normalized spacial score (nSPS) is 22.6. The van der Waals surface area contributed by atoms with Crippen molar-refractivity contribution in [3.8, 4) is 0 Å². The molecule has 0 bridgehead atoms. The summed E-state index contributed by atoms with van der Waals surface area (Å²) in [5.41, 5.74) is 0.737. The smallest absolute Gasteiger partial charge is 0.250 e. The number of hydrogen-bond donors (Lipinski definition) is 0. The first-order chi connectivity index (χ1) is 14.6. The summed E-state index contributed by atoms with van der Waals surface area (Å²) in [5.74, 6) is -0.432. The molecule has 7 heteroatoms. The summed E-state index contributed by atoms with van der Waals surface area (Å²) in [6.07, 6.45) is 8.69. The molecule has 1 atom stereocenters. The first-order valence-electron chi connectivity index (χ1n) is 11.2. The molecule has 1 unspecified atom stereocenters. The number of para-hydroxylation sites is 1. The molecule has 1 saturated heterocycles. The van der Waals surface area contributed by atoms with Gasteiger partial charge in [0.15, 0.2) is 5.25 Å². The van der Waals surface area contributed by atoms with Gasteiger partial charge in [0.05, 0.1) is 5.69 Å². The summed E-state index contributed by atoms with van der Waals surface area (Å²) in [5, 5.41) is -0.800. The maximum atomic E-state index is 13.4. The Morgan fingerprint density at radius 1 is 1.03 bits per heavy atom. The van der Waals surface area contributed by atoms with Crippen LogP contribution < -0.4 is 4.90 Å². The minimum Gasteiger partial charge on any atom is -0.341 e. The highest BCUT2D eigenvalue weighted by atomic mass is 32.2. The van der Waals surface area contributed by atoms with Gasteiger partial charge in [0, 0.05) is 31.1 Å². The number of amides is 3. The number of rotatable bonds is 4. The quantitative estimate of drug-likeness (QED) is 0.689. The molecule has 0 aromatic heterocycles. The van der Waals surface area contributed by atoms with Gasteiger partial charge in [0.2, 0.25) is 11.8 Å². The van der Waals surface area contributed by atoms with Gasteiger partial charge in [-0.05, 0) is 44.2 Å². The molecule has 1 aromatic rings. The van der Waals surface area contributed by atoms with Crippen molar-refractivity contribution in [3.63, 3.8) is 0 Å². The molecule has 3 amide bonds. The van der Waals surface area contributed by atoms with E-state index in [1.54, 1.807) is 4.90 Å². The molecule has 0 N–H and O–H groups in total. The highest BCUT2D eigenvalue weighted by molar-refractivity contribution is 8.01. The lowest BCUT2D eigenvalue weighted by atomic mass is 9.94. The van der Waals surface area contributed by atoms with Crippen LogP contribution in [0.5, 0.6) is 0 Å². The highest BCUT2D eigenvalue weighted by Crippen LogP contribution is 2.40. The van der Waals surface area contributed by atoms with Gasteiger partial charge in [0.1, 0.15) is 6.54 Å². The SMILES string of the molecule is CN(C(=O)CN1C(=O)C(C(=O)N2CCCCC2)Sc2ccccc21)C1CCCCC1. The zero-order valence-corrected chi connectivity index (χ0v) is 18.5. The second-order valence-corrected chi connectivity index (χ2v) is 9.72. The zero-order chi connectivity index (χ0) is 21.1. The summed E-state index contributed by atoms with van der Waals surface area (Å²) in [6, 6.07) is 7.85. The molecule has 0 spiro atoms. The molecule has 6 nitrogen and oxygen atoms in total. The average molecular weight is 430 g/mol. The van der Waals surface area contributed by atoms with Gasteiger partial charge in [-0.2, -0.15) is 0 Å². The fraction of sp³-hybridized carbons (Fsp3) is 0.609. The number of benzene rings is 1. The Bertz CT molecular complexity index is 803. The summed E-state index contributed by atoms with van der Waals surface area (Å²) in [7, 11) is 1.85. The van der Waals surface area contributed by atoms with Crippen LogP contribution in [-0.4, -0.2) is 65.5 Å². The van der Waals surface area contributed by atoms with Crippen LogP contribution in [0.1, 0.15) is 51.4 Å². The lowest BCUT2D eigenvalue weighted by Gasteiger charge is -2.37. The van der Waals surface area contributed by atoms with Crippen molar-refractivity contribution < 1.29 is 14.4 Å². The average Bonchev–Trinajstić information content (AvgIpc) is 2.80. The van der Waals surface area contributed by atoms with Gasteiger partial charge in [-0.1, -0.05) is 31.4 Å². The molecule has 1 aromatic carbocycles. The van der Waals surface area contributed by atoms with E-state index in [2.05, 4.69) is 0 Å². The van der Waals surface area contributed by atoms with Gasteiger partial charge in [0.25, 0.3) is 5.91 Å². The van der Waals surface area contributed by atoms with Crippen molar-refractivity contribution in [1.29, 1.82) is 0 Å². The van der Waals surface area contributed by atoms with E-state index in [0.717, 1.165) is 55.5 Å². The Hall–Kier alpha value is -2.02. The number of fused-ring (bicyclic) bond motifs is 1. The highest BCUT2D eigenvalue weighted by Gasteiger charge is 2.41. The van der Waals surface area contributed by atoms with Gasteiger partial charge in [-0.3, -0.25) is 14.4 Å². The molecule has 3 aliphatic rings. The van der Waals surface area contributed by atoms with Crippen molar-refractivity contribution in [2.24, 2.45) is 0 Å². The van der Waals surface area contributed by atoms with Gasteiger partial charge in [-0.15, -0.1) is 11.8 Å². The first kappa shape index (κ1) is 21.2. The van der Waals surface area contributed by atoms with Crippen LogP contribution in [0.25, 0.3) is 0 Å². The number of carbonyl (C=O) groups excluding carboxylic acids is 3. The van der Waals surface area contributed by atoms with Crippen molar-refractivity contribution in [3.05, 3.63) is 24.3 Å². The van der Waals surface area contributed by atoms with Crippen LogP contribution in [0, 0.1) is 0 Å². The Labute approximate surface area is 183 Å². The molecule has 2 aliphatic heterocycles. The first-order valence-corrected chi connectivity index (χ1v) is 12.1. The van der Waals surface area contributed by atoms with E-state index in [-0.39, 0.29) is 30.3 Å². The number of carbonyl (C=O) groups is 3. The number of thioether (sulfide) groups is 1. The van der Waals surface area contributed by atoms with E-state index in [1.807, 2.05) is 41.1 Å². The number of hydrogen-bond acceptors (Lipinski definition) is 4. The summed E-state index contributed by atoms with van der Waals surface area (Å²) in [6.45, 7) is 1.43. The number of likely N-dealkylation sites (N-methyl/N-ethyl adjacent to an activating group) is 1. The molecule has 1 saturated carbocycles. The third-order valence-electron chi connectivity index (χ3n) is 6.59. The van der Waals surface area contributed by atoms with E-state index in [1.165, 1.54) is 18.2 Å². The standard InChI is InChI=1S/C23H31N3O3S/c1-24(17-10-4-2-5-11-17)20(27)16-26-18-12-6-7-13-19(18)30-21(23(26)29)22(28)25-14-8-3-9-15-25/h6-7,12-13,17,21H,2-5,8-11,14-16H2,1H3. The molecule has 1 aliphatic carbocycles. The monoisotopic (exact) mass is 429 g/mol. The fourth-order valence-electron chi connectivity index (χ4n) is 4.74. The summed E-state index contributed by atoms with van der Waals surface area (Å²) < 4.78 is 0. The maximum absolute atomic E-state index is 13.4. The third-order valence-corrected chi connectivity index (χ3v) is 7.83. The number of nitrogens with zero attached hydrogens (tertiary/aromatic N) is 3. The summed E-state index contributed by atoms with van der Waals surface area (Å²) >= 11 is 1.33. The number of anilines is 1. The van der Waals surface area contributed by atoms with Crippen LogP contribution in [0.2, 0.25) is 0 Å². The molecule has 4 rings (SSSR count). The van der Waals surface area contributed by atoms with Crippen molar-refractivity contribution in [2.75, 3.05) is 31.6 Å². The minimum absolute atomic E-state index is 0.00676. The predicted molar refractivity (Wildman–Crippen MR) is 119 cm³/mol.